The summed E-state index contributed by atoms with van der Waals surface area (Å²) in [5.74, 6) is -0.271. The molecule has 1 aromatic rings. The maximum absolute atomic E-state index is 11.1. The average molecular weight is 219 g/mol. The Morgan fingerprint density at radius 2 is 2.19 bits per heavy atom. The number of carbonyl (C=O) groups excluding carboxylic acids is 1. The molecular formula is C12H17N3O. The first kappa shape index (κ1) is 11.0. The molecule has 1 aromatic carbocycles. The molecule has 1 heterocycles. The van der Waals surface area contributed by atoms with Gasteiger partial charge in [-0.3, -0.25) is 9.69 Å². The third-order valence-corrected chi connectivity index (χ3v) is 3.23. The highest BCUT2D eigenvalue weighted by atomic mass is 16.1. The van der Waals surface area contributed by atoms with Crippen LogP contribution in [0.25, 0.3) is 0 Å². The fourth-order valence-corrected chi connectivity index (χ4v) is 2.11. The number of hydrogen-bond acceptors (Lipinski definition) is 3. The number of hydrogen-bond donors (Lipinski definition) is 2. The highest BCUT2D eigenvalue weighted by molar-refractivity contribution is 5.79. The fourth-order valence-electron chi connectivity index (χ4n) is 2.11. The van der Waals surface area contributed by atoms with E-state index >= 15 is 0 Å². The van der Waals surface area contributed by atoms with Gasteiger partial charge in [-0.1, -0.05) is 6.07 Å². The van der Waals surface area contributed by atoms with Crippen molar-refractivity contribution in [2.24, 2.45) is 5.73 Å². The van der Waals surface area contributed by atoms with E-state index in [-0.39, 0.29) is 11.9 Å². The minimum absolute atomic E-state index is 0.213. The van der Waals surface area contributed by atoms with Crippen LogP contribution < -0.4 is 11.5 Å². The zero-order chi connectivity index (χ0) is 11.7. The molecule has 0 aromatic heterocycles. The van der Waals surface area contributed by atoms with Gasteiger partial charge in [0, 0.05) is 18.8 Å². The minimum atomic E-state index is -0.271. The van der Waals surface area contributed by atoms with Crippen molar-refractivity contribution in [2.45, 2.75) is 25.9 Å². The Hall–Kier alpha value is -1.55. The number of nitrogen functional groups attached to an aromatic ring is 1. The van der Waals surface area contributed by atoms with Gasteiger partial charge in [0.1, 0.15) is 0 Å². The van der Waals surface area contributed by atoms with Crippen LogP contribution >= 0.6 is 0 Å². The number of anilines is 1. The summed E-state index contributed by atoms with van der Waals surface area (Å²) in [4.78, 5) is 13.2. The lowest BCUT2D eigenvalue weighted by atomic mass is 9.98. The van der Waals surface area contributed by atoms with Gasteiger partial charge in [0.2, 0.25) is 5.91 Å². The Morgan fingerprint density at radius 3 is 2.88 bits per heavy atom. The number of benzene rings is 1. The van der Waals surface area contributed by atoms with Crippen molar-refractivity contribution in [3.8, 4) is 0 Å². The van der Waals surface area contributed by atoms with Gasteiger partial charge in [0.15, 0.2) is 0 Å². The van der Waals surface area contributed by atoms with Crippen LogP contribution in [0.4, 0.5) is 5.69 Å². The molecule has 0 radical (unpaired) electrons. The van der Waals surface area contributed by atoms with Gasteiger partial charge in [-0.25, -0.2) is 0 Å². The molecule has 86 valence electrons. The third kappa shape index (κ3) is 2.02. The largest absolute Gasteiger partial charge is 0.399 e. The maximum Gasteiger partial charge on any atom is 0.234 e. The van der Waals surface area contributed by atoms with Crippen LogP contribution in [-0.2, 0) is 17.8 Å². The van der Waals surface area contributed by atoms with E-state index in [1.165, 1.54) is 11.1 Å². The van der Waals surface area contributed by atoms with Crippen LogP contribution in [0.5, 0.6) is 0 Å². The zero-order valence-corrected chi connectivity index (χ0v) is 9.44. The predicted molar refractivity (Wildman–Crippen MR) is 63.6 cm³/mol. The molecule has 0 fully saturated rings. The Bertz CT molecular complexity index is 417. The molecule has 0 saturated heterocycles. The summed E-state index contributed by atoms with van der Waals surface area (Å²) in [6, 6.07) is 5.76. The van der Waals surface area contributed by atoms with Crippen LogP contribution in [0.15, 0.2) is 18.2 Å². The summed E-state index contributed by atoms with van der Waals surface area (Å²) in [6.07, 6.45) is 0.952. The van der Waals surface area contributed by atoms with Gasteiger partial charge >= 0.3 is 0 Å². The molecule has 1 aliphatic rings. The summed E-state index contributed by atoms with van der Waals surface area (Å²) in [5.41, 5.74) is 14.4. The van der Waals surface area contributed by atoms with Gasteiger partial charge in [-0.2, -0.15) is 0 Å². The molecule has 0 aliphatic carbocycles. The van der Waals surface area contributed by atoms with Crippen molar-refractivity contribution in [3.63, 3.8) is 0 Å². The molecule has 1 atom stereocenters. The number of carbonyl (C=O) groups is 1. The summed E-state index contributed by atoms with van der Waals surface area (Å²) in [7, 11) is 0. The van der Waals surface area contributed by atoms with Crippen LogP contribution in [-0.4, -0.2) is 23.4 Å². The second kappa shape index (κ2) is 4.14. The van der Waals surface area contributed by atoms with Crippen molar-refractivity contribution < 1.29 is 4.79 Å². The van der Waals surface area contributed by atoms with Gasteiger partial charge in [-0.05, 0) is 36.6 Å². The standard InChI is InChI=1S/C12H17N3O/c1-8(12(14)16)15-5-4-9-2-3-11(13)6-10(9)7-15/h2-3,6,8H,4-5,7,13H2,1H3,(H2,14,16). The molecule has 16 heavy (non-hydrogen) atoms. The van der Waals surface area contributed by atoms with E-state index in [0.717, 1.165) is 25.2 Å². The topological polar surface area (TPSA) is 72.4 Å². The SMILES string of the molecule is CC(C(N)=O)N1CCc2ccc(N)cc2C1. The number of nitrogens with zero attached hydrogens (tertiary/aromatic N) is 1. The molecule has 0 bridgehead atoms. The Morgan fingerprint density at radius 1 is 1.44 bits per heavy atom. The van der Waals surface area contributed by atoms with E-state index in [9.17, 15) is 4.79 Å². The van der Waals surface area contributed by atoms with Crippen molar-refractivity contribution in [1.82, 2.24) is 4.90 Å². The average Bonchev–Trinajstić information content (AvgIpc) is 2.26. The molecule has 1 aliphatic heterocycles. The van der Waals surface area contributed by atoms with E-state index in [4.69, 9.17) is 11.5 Å². The fraction of sp³-hybridized carbons (Fsp3) is 0.417. The number of rotatable bonds is 2. The first-order chi connectivity index (χ1) is 7.58. The highest BCUT2D eigenvalue weighted by Crippen LogP contribution is 2.22. The van der Waals surface area contributed by atoms with E-state index in [1.807, 2.05) is 19.1 Å². The van der Waals surface area contributed by atoms with Crippen LogP contribution in [0.1, 0.15) is 18.1 Å². The summed E-state index contributed by atoms with van der Waals surface area (Å²) in [5, 5.41) is 0. The van der Waals surface area contributed by atoms with Crippen molar-refractivity contribution in [3.05, 3.63) is 29.3 Å². The van der Waals surface area contributed by atoms with Gasteiger partial charge < -0.3 is 11.5 Å². The molecule has 0 saturated carbocycles. The molecule has 0 spiro atoms. The Balaban J connectivity index is 2.19. The molecule has 2 rings (SSSR count). The van der Waals surface area contributed by atoms with Crippen LogP contribution in [0.2, 0.25) is 0 Å². The van der Waals surface area contributed by atoms with E-state index in [2.05, 4.69) is 11.0 Å². The number of primary amides is 1. The van der Waals surface area contributed by atoms with Crippen molar-refractivity contribution in [1.29, 1.82) is 0 Å². The molecular weight excluding hydrogens is 202 g/mol. The molecule has 4 nitrogen and oxygen atoms in total. The predicted octanol–water partition coefficient (Wildman–Crippen LogP) is 0.501. The highest BCUT2D eigenvalue weighted by Gasteiger charge is 2.23. The van der Waals surface area contributed by atoms with Gasteiger partial charge in [0.05, 0.1) is 6.04 Å². The van der Waals surface area contributed by atoms with Crippen LogP contribution in [0, 0.1) is 0 Å². The molecule has 1 unspecified atom stereocenters. The molecule has 4 heteroatoms. The van der Waals surface area contributed by atoms with Crippen molar-refractivity contribution >= 4 is 11.6 Å². The Kier molecular flexibility index (Phi) is 2.83. The smallest absolute Gasteiger partial charge is 0.234 e. The maximum atomic E-state index is 11.1. The first-order valence-electron chi connectivity index (χ1n) is 5.48. The zero-order valence-electron chi connectivity index (χ0n) is 9.44. The van der Waals surface area contributed by atoms with E-state index in [1.54, 1.807) is 0 Å². The first-order valence-corrected chi connectivity index (χ1v) is 5.48. The van der Waals surface area contributed by atoms with Crippen molar-refractivity contribution in [2.75, 3.05) is 12.3 Å². The monoisotopic (exact) mass is 219 g/mol. The second-order valence-electron chi connectivity index (χ2n) is 4.33. The van der Waals surface area contributed by atoms with Crippen LogP contribution in [0.3, 0.4) is 0 Å². The van der Waals surface area contributed by atoms with E-state index < -0.39 is 0 Å². The molecule has 4 N–H and O–H groups in total. The quantitative estimate of drug-likeness (QED) is 0.711. The normalized spacial score (nSPS) is 17.8. The lowest BCUT2D eigenvalue weighted by molar-refractivity contribution is -0.123. The van der Waals surface area contributed by atoms with Gasteiger partial charge in [0.25, 0.3) is 0 Å². The minimum Gasteiger partial charge on any atom is -0.399 e. The van der Waals surface area contributed by atoms with E-state index in [0.29, 0.717) is 0 Å². The van der Waals surface area contributed by atoms with Gasteiger partial charge in [-0.15, -0.1) is 0 Å². The molecule has 1 amide bonds. The Labute approximate surface area is 95.2 Å². The second-order valence-corrected chi connectivity index (χ2v) is 4.33. The summed E-state index contributed by atoms with van der Waals surface area (Å²) < 4.78 is 0. The lowest BCUT2D eigenvalue weighted by Crippen LogP contribution is -2.45. The third-order valence-electron chi connectivity index (χ3n) is 3.23. The number of amides is 1. The number of nitrogens with two attached hydrogens (primary N) is 2. The summed E-state index contributed by atoms with van der Waals surface area (Å²) >= 11 is 0. The lowest BCUT2D eigenvalue weighted by Gasteiger charge is -2.32. The number of fused-ring (bicyclic) bond motifs is 1. The summed E-state index contributed by atoms with van der Waals surface area (Å²) in [6.45, 7) is 3.48.